The van der Waals surface area contributed by atoms with Gasteiger partial charge in [0, 0.05) is 41.9 Å². The Morgan fingerprint density at radius 2 is 2.07 bits per heavy atom. The van der Waals surface area contributed by atoms with Crippen LogP contribution in [0.1, 0.15) is 16.8 Å². The van der Waals surface area contributed by atoms with Gasteiger partial charge in [-0.3, -0.25) is 14.6 Å². The van der Waals surface area contributed by atoms with Crippen molar-refractivity contribution in [2.75, 3.05) is 18.6 Å². The Bertz CT molecular complexity index is 1020. The third-order valence-electron chi connectivity index (χ3n) is 4.69. The number of nitrogens with one attached hydrogen (secondary N) is 1. The van der Waals surface area contributed by atoms with E-state index in [-0.39, 0.29) is 24.3 Å². The first-order valence-electron chi connectivity index (χ1n) is 8.74. The smallest absolute Gasteiger partial charge is 0.251 e. The van der Waals surface area contributed by atoms with Crippen molar-refractivity contribution in [1.29, 1.82) is 0 Å². The number of hydrogen-bond donors (Lipinski definition) is 1. The molecule has 136 valence electrons. The first-order valence-corrected chi connectivity index (χ1v) is 8.74. The number of hydrogen-bond acceptors (Lipinski definition) is 4. The van der Waals surface area contributed by atoms with Crippen LogP contribution in [-0.2, 0) is 4.79 Å². The Morgan fingerprint density at radius 3 is 2.93 bits per heavy atom. The van der Waals surface area contributed by atoms with Crippen molar-refractivity contribution in [1.82, 2.24) is 10.3 Å². The van der Waals surface area contributed by atoms with Crippen LogP contribution in [0.25, 0.3) is 10.9 Å². The van der Waals surface area contributed by atoms with E-state index < -0.39 is 0 Å². The molecule has 6 heteroatoms. The summed E-state index contributed by atoms with van der Waals surface area (Å²) in [5, 5.41) is 3.87. The summed E-state index contributed by atoms with van der Waals surface area (Å²) in [4.78, 5) is 31.0. The summed E-state index contributed by atoms with van der Waals surface area (Å²) in [6, 6.07) is 16.3. The SMILES string of the molecule is COc1cccc(N2C[C@@H](NC(=O)c3ccc4ncccc4c3)CC2=O)c1. The molecule has 1 saturated heterocycles. The van der Waals surface area contributed by atoms with E-state index in [1.54, 1.807) is 24.3 Å². The van der Waals surface area contributed by atoms with Gasteiger partial charge in [0.1, 0.15) is 5.75 Å². The highest BCUT2D eigenvalue weighted by atomic mass is 16.5. The maximum atomic E-state index is 12.6. The monoisotopic (exact) mass is 361 g/mol. The number of aromatic nitrogens is 1. The van der Waals surface area contributed by atoms with Crippen LogP contribution in [0.5, 0.6) is 5.75 Å². The summed E-state index contributed by atoms with van der Waals surface area (Å²) in [7, 11) is 1.59. The topological polar surface area (TPSA) is 71.5 Å². The van der Waals surface area contributed by atoms with Crippen LogP contribution in [0.2, 0.25) is 0 Å². The van der Waals surface area contributed by atoms with E-state index >= 15 is 0 Å². The minimum absolute atomic E-state index is 0.0173. The van der Waals surface area contributed by atoms with Crippen molar-refractivity contribution in [2.45, 2.75) is 12.5 Å². The molecule has 0 aliphatic carbocycles. The average molecular weight is 361 g/mol. The number of ether oxygens (including phenoxy) is 1. The summed E-state index contributed by atoms with van der Waals surface area (Å²) < 4.78 is 5.22. The maximum absolute atomic E-state index is 12.6. The van der Waals surface area contributed by atoms with Crippen molar-refractivity contribution < 1.29 is 14.3 Å². The van der Waals surface area contributed by atoms with Crippen LogP contribution < -0.4 is 15.0 Å². The van der Waals surface area contributed by atoms with E-state index in [2.05, 4.69) is 10.3 Å². The normalized spacial score (nSPS) is 16.6. The van der Waals surface area contributed by atoms with Gasteiger partial charge in [-0.2, -0.15) is 0 Å². The summed E-state index contributed by atoms with van der Waals surface area (Å²) in [5.74, 6) is 0.486. The lowest BCUT2D eigenvalue weighted by atomic mass is 10.1. The Labute approximate surface area is 156 Å². The molecule has 1 fully saturated rings. The molecule has 1 aliphatic rings. The number of anilines is 1. The molecule has 1 aliphatic heterocycles. The third-order valence-corrected chi connectivity index (χ3v) is 4.69. The number of carbonyl (C=O) groups is 2. The second-order valence-corrected chi connectivity index (χ2v) is 6.49. The van der Waals surface area contributed by atoms with E-state index in [1.807, 2.05) is 48.5 Å². The third kappa shape index (κ3) is 3.46. The number of benzene rings is 2. The second-order valence-electron chi connectivity index (χ2n) is 6.49. The van der Waals surface area contributed by atoms with Gasteiger partial charge in [-0.15, -0.1) is 0 Å². The number of nitrogens with zero attached hydrogens (tertiary/aromatic N) is 2. The molecule has 1 atom stereocenters. The Balaban J connectivity index is 1.47. The van der Waals surface area contributed by atoms with E-state index in [9.17, 15) is 9.59 Å². The largest absolute Gasteiger partial charge is 0.497 e. The number of pyridine rings is 1. The van der Waals surface area contributed by atoms with Crippen LogP contribution in [0.3, 0.4) is 0 Å². The van der Waals surface area contributed by atoms with Crippen molar-refractivity contribution in [3.63, 3.8) is 0 Å². The highest BCUT2D eigenvalue weighted by molar-refractivity contribution is 6.00. The molecule has 0 unspecified atom stereocenters. The van der Waals surface area contributed by atoms with Crippen molar-refractivity contribution in [2.24, 2.45) is 0 Å². The summed E-state index contributed by atoms with van der Waals surface area (Å²) >= 11 is 0. The number of carbonyl (C=O) groups excluding carboxylic acids is 2. The van der Waals surface area contributed by atoms with Gasteiger partial charge in [-0.05, 0) is 36.4 Å². The molecule has 0 bridgehead atoms. The average Bonchev–Trinajstić information content (AvgIpc) is 3.07. The molecule has 0 spiro atoms. The highest BCUT2D eigenvalue weighted by Crippen LogP contribution is 2.25. The van der Waals surface area contributed by atoms with Gasteiger partial charge in [-0.1, -0.05) is 12.1 Å². The molecule has 0 radical (unpaired) electrons. The number of fused-ring (bicyclic) bond motifs is 1. The molecule has 27 heavy (non-hydrogen) atoms. The molecular weight excluding hydrogens is 342 g/mol. The number of rotatable bonds is 4. The van der Waals surface area contributed by atoms with E-state index in [1.165, 1.54) is 0 Å². The Morgan fingerprint density at radius 1 is 1.19 bits per heavy atom. The zero-order valence-electron chi connectivity index (χ0n) is 14.9. The van der Waals surface area contributed by atoms with Crippen LogP contribution in [-0.4, -0.2) is 36.5 Å². The Hall–Kier alpha value is -3.41. The number of amides is 2. The molecule has 2 aromatic carbocycles. The van der Waals surface area contributed by atoms with E-state index in [4.69, 9.17) is 4.74 Å². The second kappa shape index (κ2) is 7.07. The van der Waals surface area contributed by atoms with Crippen LogP contribution in [0.4, 0.5) is 5.69 Å². The van der Waals surface area contributed by atoms with Crippen LogP contribution in [0, 0.1) is 0 Å². The lowest BCUT2D eigenvalue weighted by Crippen LogP contribution is -2.37. The molecule has 0 saturated carbocycles. The van der Waals surface area contributed by atoms with Gasteiger partial charge in [0.2, 0.25) is 5.91 Å². The van der Waals surface area contributed by atoms with Crippen molar-refractivity contribution in [3.8, 4) is 5.75 Å². The zero-order valence-corrected chi connectivity index (χ0v) is 14.9. The first kappa shape index (κ1) is 17.0. The van der Waals surface area contributed by atoms with Crippen LogP contribution in [0.15, 0.2) is 60.8 Å². The first-order chi connectivity index (χ1) is 13.1. The predicted molar refractivity (Wildman–Crippen MR) is 103 cm³/mol. The molecule has 4 rings (SSSR count). The molecule has 1 N–H and O–H groups in total. The molecule has 2 heterocycles. The summed E-state index contributed by atoms with van der Waals surface area (Å²) in [6.07, 6.45) is 2.00. The minimum atomic E-state index is -0.235. The fraction of sp³-hybridized carbons (Fsp3) is 0.190. The van der Waals surface area contributed by atoms with Gasteiger partial charge in [0.25, 0.3) is 5.91 Å². The lowest BCUT2D eigenvalue weighted by molar-refractivity contribution is -0.117. The molecule has 1 aromatic heterocycles. The maximum Gasteiger partial charge on any atom is 0.251 e. The summed E-state index contributed by atoms with van der Waals surface area (Å²) in [6.45, 7) is 0.437. The van der Waals surface area contributed by atoms with Gasteiger partial charge in [-0.25, -0.2) is 0 Å². The molecule has 6 nitrogen and oxygen atoms in total. The van der Waals surface area contributed by atoms with Gasteiger partial charge >= 0.3 is 0 Å². The predicted octanol–water partition coefficient (Wildman–Crippen LogP) is 2.78. The van der Waals surface area contributed by atoms with E-state index in [0.717, 1.165) is 16.6 Å². The zero-order chi connectivity index (χ0) is 18.8. The quantitative estimate of drug-likeness (QED) is 0.776. The fourth-order valence-electron chi connectivity index (χ4n) is 3.32. The number of methoxy groups -OCH3 is 1. The molecule has 2 amide bonds. The lowest BCUT2D eigenvalue weighted by Gasteiger charge is -2.18. The van der Waals surface area contributed by atoms with Gasteiger partial charge in [0.15, 0.2) is 0 Å². The molecular formula is C21H19N3O3. The molecule has 3 aromatic rings. The minimum Gasteiger partial charge on any atom is -0.497 e. The summed E-state index contributed by atoms with van der Waals surface area (Å²) in [5.41, 5.74) is 2.17. The van der Waals surface area contributed by atoms with E-state index in [0.29, 0.717) is 17.9 Å². The van der Waals surface area contributed by atoms with Gasteiger partial charge < -0.3 is 15.0 Å². The fourth-order valence-corrected chi connectivity index (χ4v) is 3.32. The van der Waals surface area contributed by atoms with Gasteiger partial charge in [0.05, 0.1) is 18.7 Å². The Kier molecular flexibility index (Phi) is 4.46. The van der Waals surface area contributed by atoms with Crippen molar-refractivity contribution >= 4 is 28.4 Å². The van der Waals surface area contributed by atoms with Crippen LogP contribution >= 0.6 is 0 Å². The van der Waals surface area contributed by atoms with Crippen molar-refractivity contribution in [3.05, 3.63) is 66.4 Å². The standard InChI is InChI=1S/C21H19N3O3/c1-27-18-6-2-5-17(12-18)24-13-16(11-20(24)25)23-21(26)15-7-8-19-14(10-15)4-3-9-22-19/h2-10,12,16H,11,13H2,1H3,(H,23,26)/t16-/m0/s1. The highest BCUT2D eigenvalue weighted by Gasteiger charge is 2.32.